The summed E-state index contributed by atoms with van der Waals surface area (Å²) in [5, 5.41) is 9.53. The molecule has 1 fully saturated rings. The Morgan fingerprint density at radius 3 is 2.59 bits per heavy atom. The summed E-state index contributed by atoms with van der Waals surface area (Å²) < 4.78 is 18.9. The number of aliphatic hydroxyl groups excluding tert-OH is 1. The van der Waals surface area contributed by atoms with Gasteiger partial charge < -0.3 is 14.7 Å². The van der Waals surface area contributed by atoms with E-state index in [2.05, 4.69) is 14.9 Å². The summed E-state index contributed by atoms with van der Waals surface area (Å²) in [5.74, 6) is 0.938. The van der Waals surface area contributed by atoms with E-state index in [4.69, 9.17) is 4.74 Å². The first kappa shape index (κ1) is 19.7. The molecule has 3 rings (SSSR count). The van der Waals surface area contributed by atoms with Crippen molar-refractivity contribution >= 4 is 0 Å². The van der Waals surface area contributed by atoms with Crippen LogP contribution in [0.25, 0.3) is 11.3 Å². The summed E-state index contributed by atoms with van der Waals surface area (Å²) in [5.41, 5.74) is 1.59. The molecule has 2 aromatic rings. The van der Waals surface area contributed by atoms with Gasteiger partial charge in [-0.05, 0) is 69.8 Å². The van der Waals surface area contributed by atoms with Gasteiger partial charge in [-0.2, -0.15) is 4.98 Å². The van der Waals surface area contributed by atoms with Gasteiger partial charge in [0.1, 0.15) is 11.6 Å². The predicted octanol–water partition coefficient (Wildman–Crippen LogP) is 3.60. The Bertz CT molecular complexity index is 716. The molecule has 0 spiro atoms. The van der Waals surface area contributed by atoms with Crippen molar-refractivity contribution in [2.45, 2.75) is 45.1 Å². The fourth-order valence-electron chi connectivity index (χ4n) is 3.32. The van der Waals surface area contributed by atoms with Crippen LogP contribution >= 0.6 is 0 Å². The fraction of sp³-hybridized carbons (Fsp3) is 0.524. The van der Waals surface area contributed by atoms with Gasteiger partial charge in [-0.3, -0.25) is 0 Å². The first-order valence-corrected chi connectivity index (χ1v) is 9.75. The summed E-state index contributed by atoms with van der Waals surface area (Å²) in [6.07, 6.45) is 4.91. The van der Waals surface area contributed by atoms with Crippen LogP contribution < -0.4 is 4.74 Å². The lowest BCUT2D eigenvalue weighted by Crippen LogP contribution is -2.36. The molecule has 1 saturated heterocycles. The summed E-state index contributed by atoms with van der Waals surface area (Å²) in [7, 11) is 0. The Morgan fingerprint density at radius 1 is 1.11 bits per heavy atom. The minimum Gasteiger partial charge on any atom is -0.478 e. The standard InChI is InChI=1S/C21H28FN3O2/c1-16-23-20(17-5-7-18(22)8-6-17)15-21(24-16)27-14-4-2-3-11-25-12-9-19(26)10-13-25/h5-8,15,19,26H,2-4,9-14H2,1H3. The average molecular weight is 373 g/mol. The highest BCUT2D eigenvalue weighted by Gasteiger charge is 2.15. The Balaban J connectivity index is 1.41. The van der Waals surface area contributed by atoms with Crippen molar-refractivity contribution in [3.8, 4) is 17.1 Å². The van der Waals surface area contributed by atoms with Crippen LogP contribution in [0.4, 0.5) is 4.39 Å². The normalized spacial score (nSPS) is 15.8. The van der Waals surface area contributed by atoms with Gasteiger partial charge in [0, 0.05) is 24.7 Å². The molecule has 0 radical (unpaired) electrons. The lowest BCUT2D eigenvalue weighted by Gasteiger charge is -2.29. The second kappa shape index (κ2) is 9.76. The van der Waals surface area contributed by atoms with Crippen molar-refractivity contribution in [1.82, 2.24) is 14.9 Å². The van der Waals surface area contributed by atoms with E-state index < -0.39 is 0 Å². The number of rotatable bonds is 8. The molecule has 6 heteroatoms. The van der Waals surface area contributed by atoms with Gasteiger partial charge >= 0.3 is 0 Å². The number of hydrogen-bond acceptors (Lipinski definition) is 5. The van der Waals surface area contributed by atoms with Crippen LogP contribution in [-0.2, 0) is 0 Å². The number of nitrogens with zero attached hydrogens (tertiary/aromatic N) is 3. The van der Waals surface area contributed by atoms with E-state index in [0.717, 1.165) is 63.0 Å². The molecule has 1 aliphatic heterocycles. The maximum atomic E-state index is 13.1. The van der Waals surface area contributed by atoms with Gasteiger partial charge in [0.05, 0.1) is 18.4 Å². The summed E-state index contributed by atoms with van der Waals surface area (Å²) in [6, 6.07) is 8.08. The van der Waals surface area contributed by atoms with Crippen LogP contribution in [0, 0.1) is 12.7 Å². The molecule has 1 N–H and O–H groups in total. The van der Waals surface area contributed by atoms with Crippen molar-refractivity contribution < 1.29 is 14.2 Å². The fourth-order valence-corrected chi connectivity index (χ4v) is 3.32. The zero-order chi connectivity index (χ0) is 19.1. The topological polar surface area (TPSA) is 58.5 Å². The third kappa shape index (κ3) is 6.26. The number of aryl methyl sites for hydroxylation is 1. The van der Waals surface area contributed by atoms with Gasteiger partial charge in [0.25, 0.3) is 0 Å². The van der Waals surface area contributed by atoms with E-state index in [1.54, 1.807) is 18.2 Å². The van der Waals surface area contributed by atoms with Gasteiger partial charge in [-0.15, -0.1) is 0 Å². The van der Waals surface area contributed by atoms with E-state index in [-0.39, 0.29) is 11.9 Å². The van der Waals surface area contributed by atoms with Crippen molar-refractivity contribution in [1.29, 1.82) is 0 Å². The number of piperidine rings is 1. The number of aromatic nitrogens is 2. The molecule has 0 unspecified atom stereocenters. The molecule has 1 aromatic carbocycles. The van der Waals surface area contributed by atoms with Crippen molar-refractivity contribution in [3.63, 3.8) is 0 Å². The van der Waals surface area contributed by atoms with E-state index in [1.165, 1.54) is 12.1 Å². The minimum atomic E-state index is -0.262. The van der Waals surface area contributed by atoms with E-state index in [0.29, 0.717) is 18.3 Å². The molecule has 0 bridgehead atoms. The van der Waals surface area contributed by atoms with Gasteiger partial charge in [0.15, 0.2) is 0 Å². The third-order valence-electron chi connectivity index (χ3n) is 4.88. The first-order valence-electron chi connectivity index (χ1n) is 9.75. The van der Waals surface area contributed by atoms with E-state index in [9.17, 15) is 9.50 Å². The monoisotopic (exact) mass is 373 g/mol. The van der Waals surface area contributed by atoms with Gasteiger partial charge in [0.2, 0.25) is 5.88 Å². The molecular weight excluding hydrogens is 345 g/mol. The molecule has 0 aliphatic carbocycles. The molecule has 2 heterocycles. The summed E-state index contributed by atoms with van der Waals surface area (Å²) in [6.45, 7) is 5.55. The molecule has 146 valence electrons. The molecule has 1 aliphatic rings. The van der Waals surface area contributed by atoms with E-state index in [1.807, 2.05) is 6.92 Å². The quantitative estimate of drug-likeness (QED) is 0.717. The van der Waals surface area contributed by atoms with Crippen LogP contribution in [0.3, 0.4) is 0 Å². The maximum absolute atomic E-state index is 13.1. The Morgan fingerprint density at radius 2 is 1.85 bits per heavy atom. The predicted molar refractivity (Wildman–Crippen MR) is 103 cm³/mol. The van der Waals surface area contributed by atoms with Crippen LogP contribution in [0.15, 0.2) is 30.3 Å². The second-order valence-electron chi connectivity index (χ2n) is 7.13. The highest BCUT2D eigenvalue weighted by molar-refractivity contribution is 5.59. The minimum absolute atomic E-state index is 0.106. The zero-order valence-electron chi connectivity index (χ0n) is 15.9. The van der Waals surface area contributed by atoms with Gasteiger partial charge in [-0.1, -0.05) is 0 Å². The number of unbranched alkanes of at least 4 members (excludes halogenated alkanes) is 2. The van der Waals surface area contributed by atoms with Crippen molar-refractivity contribution in [3.05, 3.63) is 42.0 Å². The SMILES string of the molecule is Cc1nc(OCCCCCN2CCC(O)CC2)cc(-c2ccc(F)cc2)n1. The molecule has 5 nitrogen and oxygen atoms in total. The Labute approximate surface area is 160 Å². The van der Waals surface area contributed by atoms with Crippen LogP contribution in [0.5, 0.6) is 5.88 Å². The second-order valence-corrected chi connectivity index (χ2v) is 7.13. The molecule has 27 heavy (non-hydrogen) atoms. The number of ether oxygens (including phenoxy) is 1. The summed E-state index contributed by atoms with van der Waals surface area (Å²) in [4.78, 5) is 11.2. The van der Waals surface area contributed by atoms with E-state index >= 15 is 0 Å². The van der Waals surface area contributed by atoms with Crippen molar-refractivity contribution in [2.75, 3.05) is 26.2 Å². The molecular formula is C21H28FN3O2. The summed E-state index contributed by atoms with van der Waals surface area (Å²) >= 11 is 0. The molecule has 0 amide bonds. The lowest BCUT2D eigenvalue weighted by molar-refractivity contribution is 0.0816. The largest absolute Gasteiger partial charge is 0.478 e. The first-order chi connectivity index (χ1) is 13.1. The highest BCUT2D eigenvalue weighted by atomic mass is 19.1. The van der Waals surface area contributed by atoms with Crippen LogP contribution in [0.1, 0.15) is 37.9 Å². The lowest BCUT2D eigenvalue weighted by atomic mass is 10.1. The molecule has 1 aromatic heterocycles. The maximum Gasteiger partial charge on any atom is 0.217 e. The number of halogens is 1. The molecule has 0 atom stereocenters. The zero-order valence-corrected chi connectivity index (χ0v) is 15.9. The average Bonchev–Trinajstić information content (AvgIpc) is 2.66. The number of aliphatic hydroxyl groups is 1. The Hall–Kier alpha value is -2.05. The Kier molecular flexibility index (Phi) is 7.12. The van der Waals surface area contributed by atoms with Crippen LogP contribution in [0.2, 0.25) is 0 Å². The molecule has 0 saturated carbocycles. The van der Waals surface area contributed by atoms with Gasteiger partial charge in [-0.25, -0.2) is 9.37 Å². The number of benzene rings is 1. The van der Waals surface area contributed by atoms with Crippen molar-refractivity contribution in [2.24, 2.45) is 0 Å². The highest BCUT2D eigenvalue weighted by Crippen LogP contribution is 2.21. The third-order valence-corrected chi connectivity index (χ3v) is 4.88. The number of hydrogen-bond donors (Lipinski definition) is 1. The smallest absolute Gasteiger partial charge is 0.217 e. The number of likely N-dealkylation sites (tertiary alicyclic amines) is 1. The van der Waals surface area contributed by atoms with Crippen LogP contribution in [-0.4, -0.2) is 52.3 Å².